The number of thiocarbonyl (C=S) groups is 1. The topological polar surface area (TPSA) is 49.7 Å². The molecule has 0 radical (unpaired) electrons. The molecule has 4 heteroatoms. The van der Waals surface area contributed by atoms with E-state index in [0.717, 1.165) is 10.8 Å². The molecule has 0 saturated heterocycles. The number of hydrogen-bond donors (Lipinski definition) is 1. The van der Waals surface area contributed by atoms with E-state index in [1.54, 1.807) is 24.3 Å². The fraction of sp³-hybridized carbons (Fsp3) is 0. The van der Waals surface area contributed by atoms with Gasteiger partial charge in [-0.3, -0.25) is 0 Å². The molecule has 0 bridgehead atoms. The monoisotopic (exact) mass is 229 g/mol. The highest BCUT2D eigenvalue weighted by molar-refractivity contribution is 7.78. The van der Waals surface area contributed by atoms with E-state index in [0.29, 0.717) is 5.69 Å². The molecule has 0 fully saturated rings. The number of rotatable bonds is 2. The van der Waals surface area contributed by atoms with E-state index >= 15 is 0 Å². The Bertz CT molecular complexity index is 574. The predicted octanol–water partition coefficient (Wildman–Crippen LogP) is 3.27. The van der Waals surface area contributed by atoms with Crippen LogP contribution in [-0.4, -0.2) is 16.2 Å². The number of carboxylic acid groups (broad SMARTS) is 1. The lowest BCUT2D eigenvalue weighted by Crippen LogP contribution is -1.94. The molecule has 0 atom stereocenters. The van der Waals surface area contributed by atoms with Crippen molar-refractivity contribution in [1.82, 2.24) is 0 Å². The Kier molecular flexibility index (Phi) is 2.77. The van der Waals surface area contributed by atoms with Gasteiger partial charge in [-0.15, -0.1) is 0 Å². The highest BCUT2D eigenvalue weighted by atomic mass is 32.1. The molecule has 16 heavy (non-hydrogen) atoms. The number of hydrogen-bond acceptors (Lipinski definition) is 3. The van der Waals surface area contributed by atoms with E-state index in [9.17, 15) is 4.79 Å². The van der Waals surface area contributed by atoms with Gasteiger partial charge in [-0.2, -0.15) is 4.99 Å². The van der Waals surface area contributed by atoms with Crippen LogP contribution in [0.15, 0.2) is 41.4 Å². The van der Waals surface area contributed by atoms with Crippen LogP contribution >= 0.6 is 12.2 Å². The number of isothiocyanates is 1. The molecule has 1 N–H and O–H groups in total. The minimum Gasteiger partial charge on any atom is -0.478 e. The third kappa shape index (κ3) is 1.98. The van der Waals surface area contributed by atoms with Crippen molar-refractivity contribution in [3.8, 4) is 0 Å². The van der Waals surface area contributed by atoms with Crippen LogP contribution in [0.2, 0.25) is 0 Å². The van der Waals surface area contributed by atoms with Crippen LogP contribution < -0.4 is 0 Å². The molecule has 0 aliphatic heterocycles. The van der Waals surface area contributed by atoms with Crippen molar-refractivity contribution in [2.24, 2.45) is 4.99 Å². The summed E-state index contributed by atoms with van der Waals surface area (Å²) in [6, 6.07) is 10.4. The highest BCUT2D eigenvalue weighted by Crippen LogP contribution is 2.22. The Morgan fingerprint density at radius 1 is 1.19 bits per heavy atom. The number of aromatic carboxylic acids is 1. The van der Waals surface area contributed by atoms with Gasteiger partial charge in [-0.1, -0.05) is 12.1 Å². The fourth-order valence-electron chi connectivity index (χ4n) is 1.49. The Hall–Kier alpha value is -2.03. The maximum absolute atomic E-state index is 10.8. The number of nitrogens with zero attached hydrogens (tertiary/aromatic N) is 1. The molecule has 0 aromatic heterocycles. The molecule has 0 saturated carbocycles. The van der Waals surface area contributed by atoms with E-state index in [4.69, 9.17) is 5.11 Å². The van der Waals surface area contributed by atoms with Crippen LogP contribution in [0.4, 0.5) is 5.69 Å². The molecule has 0 aliphatic carbocycles. The van der Waals surface area contributed by atoms with E-state index in [-0.39, 0.29) is 5.56 Å². The van der Waals surface area contributed by atoms with E-state index in [1.165, 1.54) is 0 Å². The van der Waals surface area contributed by atoms with Crippen LogP contribution in [0.1, 0.15) is 10.4 Å². The number of carbonyl (C=O) groups is 1. The fourth-order valence-corrected chi connectivity index (χ4v) is 1.59. The quantitative estimate of drug-likeness (QED) is 0.635. The predicted molar refractivity (Wildman–Crippen MR) is 65.6 cm³/mol. The van der Waals surface area contributed by atoms with Crippen molar-refractivity contribution in [3.63, 3.8) is 0 Å². The van der Waals surface area contributed by atoms with Crippen molar-refractivity contribution < 1.29 is 9.90 Å². The second-order valence-electron chi connectivity index (χ2n) is 3.25. The normalized spacial score (nSPS) is 9.75. The van der Waals surface area contributed by atoms with Gasteiger partial charge in [0.25, 0.3) is 0 Å². The molecule has 2 aromatic carbocycles. The SMILES string of the molecule is O=C(O)c1ccc2cc(N=C=S)ccc2c1. The number of fused-ring (bicyclic) bond motifs is 1. The first-order chi connectivity index (χ1) is 7.70. The summed E-state index contributed by atoms with van der Waals surface area (Å²) in [5.41, 5.74) is 0.990. The van der Waals surface area contributed by atoms with Gasteiger partial charge < -0.3 is 5.11 Å². The summed E-state index contributed by atoms with van der Waals surface area (Å²) in [7, 11) is 0. The molecular weight excluding hydrogens is 222 g/mol. The Morgan fingerprint density at radius 3 is 2.56 bits per heavy atom. The molecule has 0 heterocycles. The van der Waals surface area contributed by atoms with E-state index < -0.39 is 5.97 Å². The smallest absolute Gasteiger partial charge is 0.335 e. The summed E-state index contributed by atoms with van der Waals surface area (Å²) >= 11 is 4.52. The van der Waals surface area contributed by atoms with Crippen LogP contribution in [0.25, 0.3) is 10.8 Å². The number of aliphatic imine (C=N–C) groups is 1. The zero-order valence-electron chi connectivity index (χ0n) is 8.18. The summed E-state index contributed by atoms with van der Waals surface area (Å²) in [6.07, 6.45) is 0. The lowest BCUT2D eigenvalue weighted by atomic mass is 10.1. The van der Waals surface area contributed by atoms with Gasteiger partial charge in [0.2, 0.25) is 0 Å². The second-order valence-corrected chi connectivity index (χ2v) is 3.44. The summed E-state index contributed by atoms with van der Waals surface area (Å²) in [5.74, 6) is -0.928. The first-order valence-electron chi connectivity index (χ1n) is 4.56. The molecule has 2 rings (SSSR count). The summed E-state index contributed by atoms with van der Waals surface area (Å²) in [4.78, 5) is 14.6. The second kappa shape index (κ2) is 4.23. The molecule has 78 valence electrons. The van der Waals surface area contributed by atoms with Crippen LogP contribution in [0.5, 0.6) is 0 Å². The van der Waals surface area contributed by atoms with Crippen LogP contribution in [-0.2, 0) is 0 Å². The zero-order chi connectivity index (χ0) is 11.5. The Labute approximate surface area is 97.1 Å². The minimum atomic E-state index is -0.928. The van der Waals surface area contributed by atoms with Crippen LogP contribution in [0.3, 0.4) is 0 Å². The van der Waals surface area contributed by atoms with Gasteiger partial charge in [0.15, 0.2) is 0 Å². The summed E-state index contributed by atoms with van der Waals surface area (Å²) in [6.45, 7) is 0. The van der Waals surface area contributed by atoms with Crippen molar-refractivity contribution in [2.45, 2.75) is 0 Å². The van der Waals surface area contributed by atoms with E-state index in [1.807, 2.05) is 12.1 Å². The van der Waals surface area contributed by atoms with Gasteiger partial charge in [0.05, 0.1) is 16.4 Å². The van der Waals surface area contributed by atoms with Crippen molar-refractivity contribution in [1.29, 1.82) is 0 Å². The number of benzene rings is 2. The zero-order valence-corrected chi connectivity index (χ0v) is 8.99. The van der Waals surface area contributed by atoms with E-state index in [2.05, 4.69) is 22.4 Å². The average Bonchev–Trinajstić information content (AvgIpc) is 2.28. The molecule has 0 spiro atoms. The maximum atomic E-state index is 10.8. The van der Waals surface area contributed by atoms with Gasteiger partial charge in [-0.25, -0.2) is 4.79 Å². The highest BCUT2D eigenvalue weighted by Gasteiger charge is 2.03. The standard InChI is InChI=1S/C12H7NO2S/c14-12(15)10-2-1-9-6-11(13-7-16)4-3-8(9)5-10/h1-6H,(H,14,15). The largest absolute Gasteiger partial charge is 0.478 e. The van der Waals surface area contributed by atoms with Gasteiger partial charge >= 0.3 is 5.97 Å². The molecule has 2 aromatic rings. The minimum absolute atomic E-state index is 0.276. The third-order valence-electron chi connectivity index (χ3n) is 2.25. The van der Waals surface area contributed by atoms with Crippen LogP contribution in [0, 0.1) is 0 Å². The summed E-state index contributed by atoms with van der Waals surface area (Å²) in [5, 5.41) is 12.9. The van der Waals surface area contributed by atoms with Gasteiger partial charge in [0, 0.05) is 0 Å². The van der Waals surface area contributed by atoms with Gasteiger partial charge in [-0.05, 0) is 47.3 Å². The summed E-state index contributed by atoms with van der Waals surface area (Å²) < 4.78 is 0. The number of carboxylic acids is 1. The first kappa shape index (κ1) is 10.5. The lowest BCUT2D eigenvalue weighted by molar-refractivity contribution is 0.0697. The van der Waals surface area contributed by atoms with Crippen molar-refractivity contribution in [3.05, 3.63) is 42.0 Å². The molecular formula is C12H7NO2S. The van der Waals surface area contributed by atoms with Crippen molar-refractivity contribution in [2.75, 3.05) is 0 Å². The Balaban J connectivity index is 2.61. The molecule has 3 nitrogen and oxygen atoms in total. The van der Waals surface area contributed by atoms with Gasteiger partial charge in [0.1, 0.15) is 0 Å². The molecule has 0 unspecified atom stereocenters. The third-order valence-corrected chi connectivity index (χ3v) is 2.34. The Morgan fingerprint density at radius 2 is 1.88 bits per heavy atom. The first-order valence-corrected chi connectivity index (χ1v) is 4.96. The molecule has 0 amide bonds. The van der Waals surface area contributed by atoms with Crippen molar-refractivity contribution >= 4 is 39.8 Å². The molecule has 0 aliphatic rings. The lowest BCUT2D eigenvalue weighted by Gasteiger charge is -2.00. The average molecular weight is 229 g/mol. The maximum Gasteiger partial charge on any atom is 0.335 e.